The Morgan fingerprint density at radius 2 is 1.22 bits per heavy atom. The number of fused-ring (bicyclic) bond motifs is 3. The van der Waals surface area contributed by atoms with Crippen molar-refractivity contribution in [2.45, 2.75) is 0 Å². The van der Waals surface area contributed by atoms with E-state index < -0.39 is 0 Å². The average molecular weight is 293 g/mol. The predicted molar refractivity (Wildman–Crippen MR) is 98.1 cm³/mol. The molecule has 1 aromatic heterocycles. The number of nitrogens with zero attached hydrogens (tertiary/aromatic N) is 1. The van der Waals surface area contributed by atoms with Crippen LogP contribution in [0.3, 0.4) is 0 Å². The van der Waals surface area contributed by atoms with Crippen LogP contribution in [0.25, 0.3) is 28.0 Å². The minimum absolute atomic E-state index is 1.03. The molecule has 0 N–H and O–H groups in total. The van der Waals surface area contributed by atoms with Crippen molar-refractivity contribution < 1.29 is 0 Å². The summed E-state index contributed by atoms with van der Waals surface area (Å²) in [5, 5.41) is 2.53. The van der Waals surface area contributed by atoms with Gasteiger partial charge in [0.25, 0.3) is 0 Å². The Morgan fingerprint density at radius 3 is 1.87 bits per heavy atom. The maximum absolute atomic E-state index is 3.15. The third-order valence-electron chi connectivity index (χ3n) is 3.91. The lowest BCUT2D eigenvalue weighted by Gasteiger charge is -1.98. The van der Waals surface area contributed by atoms with Gasteiger partial charge in [-0.2, -0.15) is 0 Å². The second-order valence-electron chi connectivity index (χ2n) is 5.36. The molecule has 1 nitrogen and oxygen atoms in total. The van der Waals surface area contributed by atoms with Crippen LogP contribution in [-0.4, -0.2) is 4.57 Å². The van der Waals surface area contributed by atoms with Gasteiger partial charge in [-0.3, -0.25) is 0 Å². The van der Waals surface area contributed by atoms with Crippen molar-refractivity contribution in [3.8, 4) is 11.8 Å². The molecule has 1 heteroatoms. The van der Waals surface area contributed by atoms with E-state index in [2.05, 4.69) is 64.9 Å². The summed E-state index contributed by atoms with van der Waals surface area (Å²) in [6.45, 7) is 0. The molecule has 0 spiro atoms. The number of benzene rings is 3. The first kappa shape index (κ1) is 13.4. The normalized spacial score (nSPS) is 11.0. The molecule has 0 unspecified atom stereocenters. The lowest BCUT2D eigenvalue weighted by Crippen LogP contribution is -1.84. The lowest BCUT2D eigenvalue weighted by atomic mass is 10.2. The molecule has 0 aliphatic heterocycles. The van der Waals surface area contributed by atoms with Gasteiger partial charge < -0.3 is 4.57 Å². The average Bonchev–Trinajstić information content (AvgIpc) is 2.94. The van der Waals surface area contributed by atoms with E-state index in [1.165, 1.54) is 21.8 Å². The van der Waals surface area contributed by atoms with Gasteiger partial charge in [0.1, 0.15) is 0 Å². The molecule has 3 aromatic carbocycles. The van der Waals surface area contributed by atoms with Crippen LogP contribution in [0.2, 0.25) is 0 Å². The van der Waals surface area contributed by atoms with Gasteiger partial charge >= 0.3 is 0 Å². The van der Waals surface area contributed by atoms with Crippen LogP contribution < -0.4 is 0 Å². The predicted octanol–water partition coefficient (Wildman–Crippen LogP) is 5.32. The smallest absolute Gasteiger partial charge is 0.0535 e. The summed E-state index contributed by atoms with van der Waals surface area (Å²) in [6.07, 6.45) is 3.95. The Balaban J connectivity index is 1.79. The Hall–Kier alpha value is -3.24. The van der Waals surface area contributed by atoms with Crippen molar-refractivity contribution in [2.24, 2.45) is 0 Å². The molecule has 0 fully saturated rings. The van der Waals surface area contributed by atoms with E-state index in [9.17, 15) is 0 Å². The fraction of sp³-hybridized carbons (Fsp3) is 0. The summed E-state index contributed by atoms with van der Waals surface area (Å²) in [5.74, 6) is 6.27. The maximum Gasteiger partial charge on any atom is 0.0535 e. The van der Waals surface area contributed by atoms with Gasteiger partial charge in [0.05, 0.1) is 11.0 Å². The summed E-state index contributed by atoms with van der Waals surface area (Å²) in [7, 11) is 0. The van der Waals surface area contributed by atoms with E-state index in [-0.39, 0.29) is 0 Å². The van der Waals surface area contributed by atoms with Crippen LogP contribution in [0.15, 0.2) is 84.9 Å². The minimum Gasteiger partial charge on any atom is -0.315 e. The van der Waals surface area contributed by atoms with E-state index in [1.54, 1.807) is 0 Å². The summed E-state index contributed by atoms with van der Waals surface area (Å²) >= 11 is 0. The molecule has 0 saturated carbocycles. The zero-order valence-electron chi connectivity index (χ0n) is 12.6. The summed E-state index contributed by atoms with van der Waals surface area (Å²) in [4.78, 5) is 0. The second kappa shape index (κ2) is 5.87. The van der Waals surface area contributed by atoms with E-state index in [0.29, 0.717) is 0 Å². The monoisotopic (exact) mass is 293 g/mol. The zero-order chi connectivity index (χ0) is 15.5. The van der Waals surface area contributed by atoms with Crippen LogP contribution >= 0.6 is 0 Å². The maximum atomic E-state index is 3.15. The van der Waals surface area contributed by atoms with Gasteiger partial charge in [-0.25, -0.2) is 0 Å². The molecule has 108 valence electrons. The van der Waals surface area contributed by atoms with Crippen LogP contribution in [0.1, 0.15) is 5.56 Å². The van der Waals surface area contributed by atoms with Crippen molar-refractivity contribution in [1.82, 2.24) is 4.57 Å². The second-order valence-corrected chi connectivity index (χ2v) is 5.36. The largest absolute Gasteiger partial charge is 0.315 e. The van der Waals surface area contributed by atoms with E-state index >= 15 is 0 Å². The van der Waals surface area contributed by atoms with Gasteiger partial charge in [0.2, 0.25) is 0 Å². The molecule has 1 heterocycles. The minimum atomic E-state index is 1.03. The van der Waals surface area contributed by atoms with Crippen LogP contribution in [0.5, 0.6) is 0 Å². The topological polar surface area (TPSA) is 4.93 Å². The number of para-hydroxylation sites is 2. The number of hydrogen-bond acceptors (Lipinski definition) is 0. The SMILES string of the molecule is C(#Cc1ccccc1)/C=C/n1c2ccccc2c2ccccc21. The molecule has 0 radical (unpaired) electrons. The molecule has 0 aliphatic carbocycles. The van der Waals surface area contributed by atoms with Gasteiger partial charge in [-0.05, 0) is 24.3 Å². The zero-order valence-corrected chi connectivity index (χ0v) is 12.6. The Morgan fingerprint density at radius 1 is 0.652 bits per heavy atom. The Labute approximate surface area is 135 Å². The molecule has 0 aliphatic rings. The highest BCUT2D eigenvalue weighted by molar-refractivity contribution is 6.09. The molecule has 0 amide bonds. The fourth-order valence-corrected chi connectivity index (χ4v) is 2.87. The van der Waals surface area contributed by atoms with Gasteiger partial charge in [-0.1, -0.05) is 66.4 Å². The molecule has 0 bridgehead atoms. The van der Waals surface area contributed by atoms with Gasteiger partial charge in [-0.15, -0.1) is 0 Å². The first-order chi connectivity index (χ1) is 11.4. The first-order valence-electron chi connectivity index (χ1n) is 7.64. The quantitative estimate of drug-likeness (QED) is 0.419. The molecular weight excluding hydrogens is 278 g/mol. The summed E-state index contributed by atoms with van der Waals surface area (Å²) < 4.78 is 2.20. The highest BCUT2D eigenvalue weighted by Crippen LogP contribution is 2.28. The molecule has 0 atom stereocenters. The number of rotatable bonds is 1. The third kappa shape index (κ3) is 2.52. The highest BCUT2D eigenvalue weighted by Gasteiger charge is 2.06. The standard InChI is InChI=1S/C22H15N/c1-2-10-18(11-3-1)12-8-9-17-23-21-15-6-4-13-19(21)20-14-5-7-16-22(20)23/h1-7,9-11,13-17H/b17-9+. The molecular formula is C22H15N. The summed E-state index contributed by atoms with van der Waals surface area (Å²) in [5.41, 5.74) is 3.43. The number of aromatic nitrogens is 1. The molecule has 4 rings (SSSR count). The fourth-order valence-electron chi connectivity index (χ4n) is 2.87. The van der Waals surface area contributed by atoms with Crippen molar-refractivity contribution in [2.75, 3.05) is 0 Å². The molecule has 23 heavy (non-hydrogen) atoms. The van der Waals surface area contributed by atoms with E-state index in [1.807, 2.05) is 42.6 Å². The van der Waals surface area contributed by atoms with Gasteiger partial charge in [0, 0.05) is 28.6 Å². The Bertz CT molecular complexity index is 1000. The summed E-state index contributed by atoms with van der Waals surface area (Å²) in [6, 6.07) is 26.9. The first-order valence-corrected chi connectivity index (χ1v) is 7.64. The van der Waals surface area contributed by atoms with Gasteiger partial charge in [0.15, 0.2) is 0 Å². The van der Waals surface area contributed by atoms with E-state index in [4.69, 9.17) is 0 Å². The highest BCUT2D eigenvalue weighted by atomic mass is 14.9. The van der Waals surface area contributed by atoms with Crippen LogP contribution in [0, 0.1) is 11.8 Å². The van der Waals surface area contributed by atoms with Crippen molar-refractivity contribution in [1.29, 1.82) is 0 Å². The van der Waals surface area contributed by atoms with E-state index in [0.717, 1.165) is 5.56 Å². The van der Waals surface area contributed by atoms with Crippen LogP contribution in [0.4, 0.5) is 0 Å². The van der Waals surface area contributed by atoms with Crippen LogP contribution in [-0.2, 0) is 0 Å². The number of allylic oxidation sites excluding steroid dienone is 1. The Kier molecular flexibility index (Phi) is 3.42. The third-order valence-corrected chi connectivity index (χ3v) is 3.91. The van der Waals surface area contributed by atoms with Crippen molar-refractivity contribution >= 4 is 28.0 Å². The van der Waals surface area contributed by atoms with Crippen molar-refractivity contribution in [3.05, 3.63) is 90.5 Å². The molecule has 4 aromatic rings. The lowest BCUT2D eigenvalue weighted by molar-refractivity contribution is 1.29. The van der Waals surface area contributed by atoms with Crippen molar-refractivity contribution in [3.63, 3.8) is 0 Å². The molecule has 0 saturated heterocycles. The number of hydrogen-bond donors (Lipinski definition) is 0.